The van der Waals surface area contributed by atoms with Crippen LogP contribution in [-0.2, 0) is 6.18 Å². The number of thiazole rings is 1. The van der Waals surface area contributed by atoms with E-state index < -0.39 is 22.9 Å². The summed E-state index contributed by atoms with van der Waals surface area (Å²) in [7, 11) is 0. The first-order valence-corrected chi connectivity index (χ1v) is 7.63. The molecule has 0 N–H and O–H groups in total. The van der Waals surface area contributed by atoms with E-state index in [1.165, 1.54) is 17.5 Å². The highest BCUT2D eigenvalue weighted by Crippen LogP contribution is 2.43. The highest BCUT2D eigenvalue weighted by molar-refractivity contribution is 7.09. The fraction of sp³-hybridized carbons (Fsp3) is 0.200. The van der Waals surface area contributed by atoms with Crippen molar-refractivity contribution >= 4 is 22.3 Å². The maximum atomic E-state index is 13.5. The Morgan fingerprint density at radius 3 is 2.71 bits per heavy atom. The maximum absolute atomic E-state index is 13.5. The van der Waals surface area contributed by atoms with Gasteiger partial charge in [-0.25, -0.2) is 4.98 Å². The van der Waals surface area contributed by atoms with Gasteiger partial charge in [-0.2, -0.15) is 13.2 Å². The van der Waals surface area contributed by atoms with E-state index in [1.54, 1.807) is 6.92 Å². The van der Waals surface area contributed by atoms with Gasteiger partial charge >= 0.3 is 6.18 Å². The predicted octanol–water partition coefficient (Wildman–Crippen LogP) is 3.97. The van der Waals surface area contributed by atoms with Crippen LogP contribution in [0, 0.1) is 6.92 Å². The van der Waals surface area contributed by atoms with E-state index in [0.29, 0.717) is 5.01 Å². The van der Waals surface area contributed by atoms with Crippen LogP contribution in [0.25, 0.3) is 22.2 Å². The molecule has 0 spiro atoms. The molecule has 24 heavy (non-hydrogen) atoms. The number of benzene rings is 1. The van der Waals surface area contributed by atoms with Gasteiger partial charge in [-0.15, -0.1) is 11.3 Å². The van der Waals surface area contributed by atoms with Gasteiger partial charge in [-0.1, -0.05) is 0 Å². The van der Waals surface area contributed by atoms with Crippen molar-refractivity contribution < 1.29 is 27.1 Å². The van der Waals surface area contributed by atoms with Crippen molar-refractivity contribution in [2.24, 2.45) is 0 Å². The van der Waals surface area contributed by atoms with Crippen LogP contribution >= 0.6 is 11.3 Å². The van der Waals surface area contributed by atoms with Gasteiger partial charge in [0.2, 0.25) is 23.7 Å². The third-order valence-corrected chi connectivity index (χ3v) is 4.30. The Morgan fingerprint density at radius 1 is 1.25 bits per heavy atom. The van der Waals surface area contributed by atoms with Gasteiger partial charge in [0.15, 0.2) is 11.3 Å². The zero-order chi connectivity index (χ0) is 17.1. The largest absolute Gasteiger partial charge is 0.453 e. The van der Waals surface area contributed by atoms with E-state index in [0.717, 1.165) is 11.3 Å². The van der Waals surface area contributed by atoms with Crippen LogP contribution in [0.3, 0.4) is 0 Å². The van der Waals surface area contributed by atoms with Gasteiger partial charge in [-0.3, -0.25) is 4.79 Å². The molecule has 0 atom stereocenters. The maximum Gasteiger partial charge on any atom is 0.450 e. The van der Waals surface area contributed by atoms with Crippen LogP contribution in [0.5, 0.6) is 11.5 Å². The highest BCUT2D eigenvalue weighted by Gasteiger charge is 2.40. The molecule has 3 heterocycles. The molecule has 2 aromatic heterocycles. The topological polar surface area (TPSA) is 61.6 Å². The lowest BCUT2D eigenvalue weighted by Crippen LogP contribution is -2.16. The Labute approximate surface area is 136 Å². The summed E-state index contributed by atoms with van der Waals surface area (Å²) in [5.74, 6) is -1.17. The molecule has 3 aromatic rings. The Morgan fingerprint density at radius 2 is 2.04 bits per heavy atom. The number of hydrogen-bond donors (Lipinski definition) is 0. The van der Waals surface area contributed by atoms with Crippen molar-refractivity contribution in [3.05, 3.63) is 38.5 Å². The summed E-state index contributed by atoms with van der Waals surface area (Å²) >= 11 is 1.15. The van der Waals surface area contributed by atoms with E-state index in [1.807, 2.05) is 0 Å². The minimum atomic E-state index is -4.86. The van der Waals surface area contributed by atoms with Crippen molar-refractivity contribution in [2.75, 3.05) is 6.79 Å². The Balaban J connectivity index is 2.13. The molecule has 1 aliphatic heterocycles. The number of rotatable bonds is 1. The lowest BCUT2D eigenvalue weighted by atomic mass is 10.1. The van der Waals surface area contributed by atoms with Crippen LogP contribution in [0.2, 0.25) is 0 Å². The van der Waals surface area contributed by atoms with Crippen LogP contribution in [0.4, 0.5) is 13.2 Å². The molecule has 0 unspecified atom stereocenters. The van der Waals surface area contributed by atoms with Crippen molar-refractivity contribution in [1.29, 1.82) is 0 Å². The van der Waals surface area contributed by atoms with Crippen LogP contribution in [0.15, 0.2) is 26.7 Å². The quantitative estimate of drug-likeness (QED) is 0.661. The van der Waals surface area contributed by atoms with Crippen LogP contribution in [0.1, 0.15) is 10.8 Å². The molecule has 0 amide bonds. The Kier molecular flexibility index (Phi) is 3.11. The van der Waals surface area contributed by atoms with Gasteiger partial charge < -0.3 is 13.9 Å². The summed E-state index contributed by atoms with van der Waals surface area (Å²) in [5.41, 5.74) is -1.75. The zero-order valence-electron chi connectivity index (χ0n) is 12.1. The monoisotopic (exact) mass is 355 g/mol. The SMILES string of the molecule is Cc1nc(-c2c(C(F)(F)F)oc3c4c(ccc3c2=O)OCO4)cs1. The van der Waals surface area contributed by atoms with Crippen molar-refractivity contribution in [2.45, 2.75) is 13.1 Å². The van der Waals surface area contributed by atoms with Gasteiger partial charge in [0, 0.05) is 5.38 Å². The van der Waals surface area contributed by atoms with Gasteiger partial charge in [0.25, 0.3) is 0 Å². The minimum absolute atomic E-state index is 0.00360. The molecule has 1 aliphatic rings. The summed E-state index contributed by atoms with van der Waals surface area (Å²) in [4.78, 5) is 16.7. The fourth-order valence-corrected chi connectivity index (χ4v) is 3.13. The molecule has 0 fully saturated rings. The van der Waals surface area contributed by atoms with E-state index >= 15 is 0 Å². The minimum Gasteiger partial charge on any atom is -0.453 e. The lowest BCUT2D eigenvalue weighted by molar-refractivity contribution is -0.152. The number of ether oxygens (including phenoxy) is 2. The average Bonchev–Trinajstić information content (AvgIpc) is 3.14. The van der Waals surface area contributed by atoms with E-state index in [4.69, 9.17) is 13.9 Å². The first kappa shape index (κ1) is 15.0. The smallest absolute Gasteiger partial charge is 0.450 e. The summed E-state index contributed by atoms with van der Waals surface area (Å²) in [6, 6.07) is 2.82. The van der Waals surface area contributed by atoms with Crippen molar-refractivity contribution in [3.63, 3.8) is 0 Å². The molecular weight excluding hydrogens is 347 g/mol. The molecule has 4 rings (SSSR count). The molecule has 0 aliphatic carbocycles. The number of halogens is 3. The third-order valence-electron chi connectivity index (χ3n) is 3.53. The molecule has 124 valence electrons. The number of nitrogens with zero attached hydrogens (tertiary/aromatic N) is 1. The van der Waals surface area contributed by atoms with Crippen LogP contribution in [-0.4, -0.2) is 11.8 Å². The lowest BCUT2D eigenvalue weighted by Gasteiger charge is -2.12. The summed E-state index contributed by atoms with van der Waals surface area (Å²) < 4.78 is 55.8. The number of hydrogen-bond acceptors (Lipinski definition) is 6. The molecular formula is C15H8F3NO4S. The molecule has 1 aromatic carbocycles. The number of alkyl halides is 3. The van der Waals surface area contributed by atoms with E-state index in [9.17, 15) is 18.0 Å². The Bertz CT molecular complexity index is 1020. The van der Waals surface area contributed by atoms with E-state index in [2.05, 4.69) is 4.98 Å². The molecule has 0 radical (unpaired) electrons. The van der Waals surface area contributed by atoms with Crippen molar-refractivity contribution in [1.82, 2.24) is 4.98 Å². The average molecular weight is 355 g/mol. The number of aryl methyl sites for hydroxylation is 1. The van der Waals surface area contributed by atoms with Gasteiger partial charge in [0.1, 0.15) is 0 Å². The molecule has 0 saturated heterocycles. The van der Waals surface area contributed by atoms with Crippen LogP contribution < -0.4 is 14.9 Å². The van der Waals surface area contributed by atoms with Gasteiger partial charge in [0.05, 0.1) is 21.7 Å². The second kappa shape index (κ2) is 4.97. The predicted molar refractivity (Wildman–Crippen MR) is 79.5 cm³/mol. The first-order chi connectivity index (χ1) is 11.4. The van der Waals surface area contributed by atoms with E-state index in [-0.39, 0.29) is 35.0 Å². The number of aromatic nitrogens is 1. The second-order valence-electron chi connectivity index (χ2n) is 5.06. The summed E-state index contributed by atoms with van der Waals surface area (Å²) in [6.07, 6.45) is -4.86. The highest BCUT2D eigenvalue weighted by atomic mass is 32.1. The second-order valence-corrected chi connectivity index (χ2v) is 6.12. The molecule has 9 heteroatoms. The summed E-state index contributed by atoms with van der Waals surface area (Å²) in [6.45, 7) is 1.49. The molecule has 0 bridgehead atoms. The molecule has 0 saturated carbocycles. The van der Waals surface area contributed by atoms with Crippen molar-refractivity contribution in [3.8, 4) is 22.8 Å². The Hall–Kier alpha value is -2.55. The standard InChI is InChI=1S/C15H8F3NO4S/c1-6-19-8(4-24-6)10-11(20)7-2-3-9-13(22-5-21-9)12(7)23-14(10)15(16,17)18/h2-4H,5H2,1H3. The number of fused-ring (bicyclic) bond motifs is 3. The third kappa shape index (κ3) is 2.15. The fourth-order valence-electron chi connectivity index (χ4n) is 2.53. The summed E-state index contributed by atoms with van der Waals surface area (Å²) in [5, 5.41) is 1.92. The van der Waals surface area contributed by atoms with Gasteiger partial charge in [-0.05, 0) is 19.1 Å². The zero-order valence-corrected chi connectivity index (χ0v) is 12.9. The normalized spacial score (nSPS) is 13.7. The molecule has 5 nitrogen and oxygen atoms in total. The first-order valence-electron chi connectivity index (χ1n) is 6.75.